The van der Waals surface area contributed by atoms with Crippen molar-refractivity contribution in [3.8, 4) is 66.8 Å². The lowest BCUT2D eigenvalue weighted by atomic mass is 9.92. The lowest BCUT2D eigenvalue weighted by molar-refractivity contribution is 0.148. The molecule has 9 aromatic rings. The van der Waals surface area contributed by atoms with Crippen molar-refractivity contribution in [2.24, 2.45) is 0 Å². The van der Waals surface area contributed by atoms with Crippen molar-refractivity contribution in [3.05, 3.63) is 253 Å². The first-order chi connectivity index (χ1) is 32.6. The van der Waals surface area contributed by atoms with Gasteiger partial charge in [-0.1, -0.05) is 237 Å². The fourth-order valence-corrected chi connectivity index (χ4v) is 16.8. The minimum Gasteiger partial charge on any atom is -0.498 e. The molecule has 0 spiro atoms. The van der Waals surface area contributed by atoms with Crippen LogP contribution in [0.2, 0.25) is 0 Å². The Labute approximate surface area is 397 Å². The third-order valence-electron chi connectivity index (χ3n) is 12.5. The van der Waals surface area contributed by atoms with Gasteiger partial charge in [-0.25, -0.2) is 0 Å². The van der Waals surface area contributed by atoms with Gasteiger partial charge in [0.25, 0.3) is 0 Å². The number of hydrogen-bond donors (Lipinski definition) is 0. The van der Waals surface area contributed by atoms with Gasteiger partial charge in [0.2, 0.25) is 0 Å². The van der Waals surface area contributed by atoms with Gasteiger partial charge in [-0.2, -0.15) is 0 Å². The third kappa shape index (κ3) is 10.3. The maximum Gasteiger partial charge on any atom is 0.894 e. The summed E-state index contributed by atoms with van der Waals surface area (Å²) in [5, 5.41) is 0. The molecule has 9 rings (SSSR count). The zero-order valence-electron chi connectivity index (χ0n) is 37.9. The van der Waals surface area contributed by atoms with E-state index in [9.17, 15) is 0 Å². The van der Waals surface area contributed by atoms with E-state index < -0.39 is 23.5 Å². The normalized spacial score (nSPS) is 11.4. The van der Waals surface area contributed by atoms with Gasteiger partial charge in [-0.3, -0.25) is 0 Å². The van der Waals surface area contributed by atoms with Crippen LogP contribution in [0.25, 0.3) is 66.8 Å². The van der Waals surface area contributed by atoms with Crippen molar-refractivity contribution >= 4 is 23.5 Å². The second-order valence-corrected chi connectivity index (χ2v) is 22.3. The molecule has 324 valence electrons. The summed E-state index contributed by atoms with van der Waals surface area (Å²) in [6, 6.07) is 87.8. The topological polar surface area (TPSA) is 27.7 Å². The summed E-state index contributed by atoms with van der Waals surface area (Å²) in [5.74, 6) is 0. The highest BCUT2D eigenvalue weighted by Gasteiger charge is 2.47. The first-order valence-corrected chi connectivity index (χ1v) is 27.2. The molecular formula is C61H55AlO3Si. The molecule has 0 amide bonds. The average molecular weight is 891 g/mol. The van der Waals surface area contributed by atoms with E-state index in [0.717, 1.165) is 0 Å². The van der Waals surface area contributed by atoms with Crippen molar-refractivity contribution in [2.75, 3.05) is 13.2 Å². The SMILES string of the molecule is CC[O][Al]([O]CC)[O][Si](Cc1c(-c2ccccc2)cccc1-c1ccccc1)(Cc1c(-c2ccccc2)cccc1-c1ccccc1)Cc1c(-c2ccccc2)cccc1-c1ccccc1. The van der Waals surface area contributed by atoms with E-state index in [0.29, 0.717) is 31.3 Å². The Morgan fingerprint density at radius 1 is 0.288 bits per heavy atom. The highest BCUT2D eigenvalue weighted by Crippen LogP contribution is 2.43. The van der Waals surface area contributed by atoms with E-state index in [1.54, 1.807) is 0 Å². The van der Waals surface area contributed by atoms with E-state index in [1.165, 1.54) is 83.5 Å². The maximum atomic E-state index is 8.11. The van der Waals surface area contributed by atoms with Crippen molar-refractivity contribution in [1.29, 1.82) is 0 Å². The Balaban J connectivity index is 1.39. The summed E-state index contributed by atoms with van der Waals surface area (Å²) < 4.78 is 21.4. The Kier molecular flexibility index (Phi) is 14.7. The fraction of sp³-hybridized carbons (Fsp3) is 0.115. The van der Waals surface area contributed by atoms with Gasteiger partial charge >= 0.3 is 15.1 Å². The largest absolute Gasteiger partial charge is 0.894 e. The molecule has 0 saturated carbocycles. The Morgan fingerprint density at radius 3 is 0.697 bits per heavy atom. The summed E-state index contributed by atoms with van der Waals surface area (Å²) in [6.45, 7) is 5.12. The van der Waals surface area contributed by atoms with Crippen LogP contribution in [0.3, 0.4) is 0 Å². The minimum absolute atomic E-state index is 0.503. The van der Waals surface area contributed by atoms with Crippen LogP contribution in [0, 0.1) is 0 Å². The van der Waals surface area contributed by atoms with E-state index in [1.807, 2.05) is 0 Å². The second-order valence-electron chi connectivity index (χ2n) is 16.7. The van der Waals surface area contributed by atoms with Crippen LogP contribution in [0.5, 0.6) is 0 Å². The van der Waals surface area contributed by atoms with Crippen LogP contribution < -0.4 is 0 Å². The number of rotatable bonds is 18. The maximum absolute atomic E-state index is 8.11. The molecule has 66 heavy (non-hydrogen) atoms. The Morgan fingerprint density at radius 2 is 0.500 bits per heavy atom. The van der Waals surface area contributed by atoms with Crippen molar-refractivity contribution in [2.45, 2.75) is 32.0 Å². The monoisotopic (exact) mass is 890 g/mol. The Bertz CT molecular complexity index is 2440. The van der Waals surface area contributed by atoms with Crippen LogP contribution in [0.4, 0.5) is 0 Å². The first-order valence-electron chi connectivity index (χ1n) is 23.2. The third-order valence-corrected chi connectivity index (χ3v) is 19.5. The second kappa shape index (κ2) is 21.7. The van der Waals surface area contributed by atoms with E-state index in [2.05, 4.69) is 250 Å². The zero-order chi connectivity index (χ0) is 45.0. The number of hydrogen-bond acceptors (Lipinski definition) is 3. The molecule has 0 aliphatic rings. The van der Waals surface area contributed by atoms with Crippen LogP contribution in [0.15, 0.2) is 237 Å². The van der Waals surface area contributed by atoms with Gasteiger partial charge in [0, 0.05) is 13.2 Å². The highest BCUT2D eigenvalue weighted by molar-refractivity contribution is 6.77. The van der Waals surface area contributed by atoms with Crippen molar-refractivity contribution in [3.63, 3.8) is 0 Å². The van der Waals surface area contributed by atoms with Crippen LogP contribution in [-0.4, -0.2) is 36.7 Å². The molecule has 0 fully saturated rings. The quantitative estimate of drug-likeness (QED) is 0.0804. The molecule has 0 aromatic heterocycles. The fourth-order valence-electron chi connectivity index (χ4n) is 9.53. The standard InChI is InChI=1S/C57H45OSi.2C2H5O.Al/c58-59(40-55-49(43-22-7-1-8-23-43)34-19-35-50(55)44-24-9-2-10-25-44,41-56-51(45-26-11-3-12-27-45)36-20-37-52(56)46-28-13-4-14-29-46)42-57-53(47-30-15-5-16-31-47)38-21-39-54(57)48-32-17-6-18-33-48;2*1-2-3;/h1-39H,40-42H2;2*2H2,1H3;/q3*-1;+3. The van der Waals surface area contributed by atoms with Gasteiger partial charge in [0.1, 0.15) is 0 Å². The molecule has 0 heterocycles. The summed E-state index contributed by atoms with van der Waals surface area (Å²) in [6.07, 6.45) is 0. The lowest BCUT2D eigenvalue weighted by Gasteiger charge is -2.38. The molecule has 0 atom stereocenters. The van der Waals surface area contributed by atoms with E-state index >= 15 is 0 Å². The summed E-state index contributed by atoms with van der Waals surface area (Å²) in [4.78, 5) is 0. The molecule has 3 nitrogen and oxygen atoms in total. The molecular weight excluding hydrogens is 836 g/mol. The average Bonchev–Trinajstić information content (AvgIpc) is 3.38. The molecule has 0 saturated heterocycles. The van der Waals surface area contributed by atoms with Crippen molar-refractivity contribution in [1.82, 2.24) is 0 Å². The first kappa shape index (κ1) is 44.8. The number of benzene rings is 9. The molecule has 0 unspecified atom stereocenters. The lowest BCUT2D eigenvalue weighted by Crippen LogP contribution is -2.53. The molecule has 9 aromatic carbocycles. The van der Waals surface area contributed by atoms with Gasteiger partial charge in [0.15, 0.2) is 8.32 Å². The predicted octanol–water partition coefficient (Wildman–Crippen LogP) is 15.4. The zero-order valence-corrected chi connectivity index (χ0v) is 40.0. The van der Waals surface area contributed by atoms with Crippen LogP contribution in [0.1, 0.15) is 30.5 Å². The summed E-state index contributed by atoms with van der Waals surface area (Å²) in [7, 11) is -3.33. The molecule has 0 bridgehead atoms. The van der Waals surface area contributed by atoms with Crippen LogP contribution in [-0.2, 0) is 29.2 Å². The highest BCUT2D eigenvalue weighted by atomic mass is 28.4. The van der Waals surface area contributed by atoms with E-state index in [-0.39, 0.29) is 0 Å². The van der Waals surface area contributed by atoms with Crippen molar-refractivity contribution < 1.29 is 11.1 Å². The summed E-state index contributed by atoms with van der Waals surface area (Å²) >= 11 is -2.76. The van der Waals surface area contributed by atoms with E-state index in [4.69, 9.17) is 11.1 Å². The minimum atomic E-state index is -3.33. The molecule has 0 aliphatic heterocycles. The molecule has 0 N–H and O–H groups in total. The molecule has 0 radical (unpaired) electrons. The van der Waals surface area contributed by atoms with Gasteiger partial charge in [-0.05, 0) is 115 Å². The van der Waals surface area contributed by atoms with Crippen LogP contribution >= 0.6 is 0 Å². The summed E-state index contributed by atoms with van der Waals surface area (Å²) in [5.41, 5.74) is 18.2. The Hall–Kier alpha value is -6.39. The van der Waals surface area contributed by atoms with Gasteiger partial charge in [-0.15, -0.1) is 0 Å². The molecule has 5 heteroatoms. The molecule has 0 aliphatic carbocycles. The van der Waals surface area contributed by atoms with Gasteiger partial charge < -0.3 is 11.1 Å². The van der Waals surface area contributed by atoms with Gasteiger partial charge in [0.05, 0.1) is 0 Å². The smallest absolute Gasteiger partial charge is 0.498 e. The predicted molar refractivity (Wildman–Crippen MR) is 279 cm³/mol.